The third-order valence-corrected chi connectivity index (χ3v) is 4.22. The monoisotopic (exact) mass is 552 g/mol. The lowest BCUT2D eigenvalue weighted by Crippen LogP contribution is -2.69. The van der Waals surface area contributed by atoms with Gasteiger partial charge >= 0.3 is 48.0 Å². The van der Waals surface area contributed by atoms with Crippen LogP contribution in [0, 0.1) is 11.8 Å². The standard InChI is InChI=1S/C15H16F12O4.4CH4/c1-3-7(8(28)29)4-6(2)9(30)31-5-11(18,19)13(22,23)15(26,27)14(24,25)12(20,21)10(16)17;;;;/h6-7,10H,3-5H2,1-2H3,(H,28,29);4*1H4. The topological polar surface area (TPSA) is 63.6 Å². The van der Waals surface area contributed by atoms with Gasteiger partial charge in [0.2, 0.25) is 0 Å². The number of aliphatic carboxylic acids is 1. The molecule has 0 saturated heterocycles. The van der Waals surface area contributed by atoms with Crippen molar-refractivity contribution in [3.8, 4) is 0 Å². The van der Waals surface area contributed by atoms with E-state index in [1.165, 1.54) is 6.92 Å². The molecular weight excluding hydrogens is 520 g/mol. The Kier molecular flexibility index (Phi) is 17.3. The molecule has 0 aromatic rings. The average molecular weight is 552 g/mol. The number of esters is 1. The van der Waals surface area contributed by atoms with Gasteiger partial charge in [0, 0.05) is 0 Å². The average Bonchev–Trinajstić information content (AvgIpc) is 2.62. The Balaban J connectivity index is -0.000000750. The van der Waals surface area contributed by atoms with E-state index in [1.807, 2.05) is 0 Å². The molecule has 0 aromatic heterocycles. The highest BCUT2D eigenvalue weighted by Gasteiger charge is 2.87. The van der Waals surface area contributed by atoms with Crippen LogP contribution in [-0.4, -0.2) is 59.7 Å². The zero-order chi connectivity index (χ0) is 25.2. The summed E-state index contributed by atoms with van der Waals surface area (Å²) >= 11 is 0. The predicted octanol–water partition coefficient (Wildman–Crippen LogP) is 7.65. The molecule has 4 nitrogen and oxygen atoms in total. The van der Waals surface area contributed by atoms with Crippen molar-refractivity contribution in [3.05, 3.63) is 0 Å². The van der Waals surface area contributed by atoms with Gasteiger partial charge in [-0.05, 0) is 12.8 Å². The first-order valence-corrected chi connectivity index (χ1v) is 8.18. The van der Waals surface area contributed by atoms with Crippen LogP contribution >= 0.6 is 0 Å². The maximum atomic E-state index is 13.5. The first-order valence-electron chi connectivity index (χ1n) is 8.18. The molecule has 0 aliphatic heterocycles. The van der Waals surface area contributed by atoms with E-state index in [2.05, 4.69) is 4.74 Å². The van der Waals surface area contributed by atoms with Crippen LogP contribution in [0.5, 0.6) is 0 Å². The van der Waals surface area contributed by atoms with Crippen molar-refractivity contribution in [1.29, 1.82) is 0 Å². The number of hydrogen-bond acceptors (Lipinski definition) is 3. The number of hydrogen-bond donors (Lipinski definition) is 1. The fourth-order valence-corrected chi connectivity index (χ4v) is 2.13. The first-order chi connectivity index (χ1) is 13.6. The Morgan fingerprint density at radius 1 is 0.800 bits per heavy atom. The smallest absolute Gasteiger partial charge is 0.384 e. The molecule has 2 unspecified atom stereocenters. The van der Waals surface area contributed by atoms with E-state index >= 15 is 0 Å². The van der Waals surface area contributed by atoms with Crippen LogP contribution in [0.25, 0.3) is 0 Å². The summed E-state index contributed by atoms with van der Waals surface area (Å²) in [5.41, 5.74) is 0. The van der Waals surface area contributed by atoms with Gasteiger partial charge in [-0.2, -0.15) is 43.9 Å². The minimum absolute atomic E-state index is 0. The minimum Gasteiger partial charge on any atom is -0.481 e. The normalized spacial score (nSPS) is 14.4. The second-order valence-electron chi connectivity index (χ2n) is 6.54. The second kappa shape index (κ2) is 14.0. The van der Waals surface area contributed by atoms with Crippen LogP contribution in [0.2, 0.25) is 0 Å². The van der Waals surface area contributed by atoms with E-state index in [0.717, 1.165) is 6.92 Å². The lowest BCUT2D eigenvalue weighted by Gasteiger charge is -2.38. The molecule has 0 aliphatic rings. The maximum Gasteiger partial charge on any atom is 0.384 e. The number of carbonyl (C=O) groups is 2. The fraction of sp³-hybridized carbons (Fsp3) is 0.895. The maximum absolute atomic E-state index is 13.5. The number of carboxylic acids is 1. The molecule has 0 bridgehead atoms. The molecule has 0 heterocycles. The quantitative estimate of drug-likeness (QED) is 0.200. The molecule has 0 aromatic carbocycles. The Morgan fingerprint density at radius 2 is 1.20 bits per heavy atom. The van der Waals surface area contributed by atoms with Crippen molar-refractivity contribution in [2.24, 2.45) is 11.8 Å². The van der Waals surface area contributed by atoms with Crippen molar-refractivity contribution in [1.82, 2.24) is 0 Å². The minimum atomic E-state index is -7.71. The van der Waals surface area contributed by atoms with Crippen molar-refractivity contribution < 1.29 is 72.1 Å². The van der Waals surface area contributed by atoms with Crippen molar-refractivity contribution in [3.63, 3.8) is 0 Å². The Bertz CT molecular complexity index is 654. The zero-order valence-electron chi connectivity index (χ0n) is 15.6. The van der Waals surface area contributed by atoms with E-state index in [-0.39, 0.29) is 36.1 Å². The number of alkyl halides is 12. The Hall–Kier alpha value is -1.90. The van der Waals surface area contributed by atoms with Crippen LogP contribution in [0.15, 0.2) is 0 Å². The highest BCUT2D eigenvalue weighted by molar-refractivity contribution is 5.74. The number of rotatable bonds is 12. The second-order valence-corrected chi connectivity index (χ2v) is 6.54. The summed E-state index contributed by atoms with van der Waals surface area (Å²) in [6.45, 7) is -0.780. The molecule has 0 rings (SSSR count). The number of ether oxygens (including phenoxy) is 1. The summed E-state index contributed by atoms with van der Waals surface area (Å²) in [6, 6.07) is 0. The molecule has 0 amide bonds. The van der Waals surface area contributed by atoms with Crippen LogP contribution < -0.4 is 0 Å². The molecule has 0 radical (unpaired) electrons. The molecular formula is C19H32F12O4. The number of carboxylic acid groups (broad SMARTS) is 1. The van der Waals surface area contributed by atoms with Gasteiger partial charge in [0.15, 0.2) is 6.61 Å². The Morgan fingerprint density at radius 3 is 1.51 bits per heavy atom. The molecule has 0 aliphatic carbocycles. The van der Waals surface area contributed by atoms with E-state index in [4.69, 9.17) is 5.11 Å². The van der Waals surface area contributed by atoms with Crippen LogP contribution in [0.3, 0.4) is 0 Å². The molecule has 0 saturated carbocycles. The first kappa shape index (κ1) is 43.2. The van der Waals surface area contributed by atoms with Crippen molar-refractivity contribution in [2.45, 2.75) is 92.4 Å². The Labute approximate surface area is 196 Å². The molecule has 16 heteroatoms. The highest BCUT2D eigenvalue weighted by atomic mass is 19.4. The third-order valence-electron chi connectivity index (χ3n) is 4.22. The van der Waals surface area contributed by atoms with Gasteiger partial charge in [-0.3, -0.25) is 9.59 Å². The van der Waals surface area contributed by atoms with Gasteiger partial charge in [-0.1, -0.05) is 43.6 Å². The SMILES string of the molecule is C.C.C.C.CCC(CC(C)C(=O)OCC(F)(F)C(F)(F)C(F)(F)C(F)(F)C(F)(F)C(F)F)C(=O)O. The molecule has 0 fully saturated rings. The molecule has 2 atom stereocenters. The fourth-order valence-electron chi connectivity index (χ4n) is 2.13. The van der Waals surface area contributed by atoms with Gasteiger partial charge in [-0.25, -0.2) is 8.78 Å². The van der Waals surface area contributed by atoms with Gasteiger partial charge in [0.1, 0.15) is 0 Å². The van der Waals surface area contributed by atoms with Crippen molar-refractivity contribution >= 4 is 11.9 Å². The summed E-state index contributed by atoms with van der Waals surface area (Å²) in [5, 5.41) is 8.80. The molecule has 35 heavy (non-hydrogen) atoms. The van der Waals surface area contributed by atoms with Gasteiger partial charge < -0.3 is 9.84 Å². The van der Waals surface area contributed by atoms with E-state index < -0.39 is 72.8 Å². The summed E-state index contributed by atoms with van der Waals surface area (Å²) in [4.78, 5) is 22.4. The van der Waals surface area contributed by atoms with Crippen LogP contribution in [0.4, 0.5) is 52.7 Å². The molecule has 216 valence electrons. The summed E-state index contributed by atoms with van der Waals surface area (Å²) in [5.74, 6) is -42.3. The lowest BCUT2D eigenvalue weighted by molar-refractivity contribution is -0.414. The highest BCUT2D eigenvalue weighted by Crippen LogP contribution is 2.58. The van der Waals surface area contributed by atoms with Crippen LogP contribution in [0.1, 0.15) is 56.4 Å². The van der Waals surface area contributed by atoms with E-state index in [9.17, 15) is 62.3 Å². The predicted molar refractivity (Wildman–Crippen MR) is 104 cm³/mol. The largest absolute Gasteiger partial charge is 0.481 e. The third kappa shape index (κ3) is 8.05. The molecule has 0 spiro atoms. The van der Waals surface area contributed by atoms with Crippen LogP contribution in [-0.2, 0) is 14.3 Å². The summed E-state index contributed by atoms with van der Waals surface area (Å²) in [7, 11) is 0. The zero-order valence-corrected chi connectivity index (χ0v) is 15.6. The van der Waals surface area contributed by atoms with Gasteiger partial charge in [-0.15, -0.1) is 0 Å². The van der Waals surface area contributed by atoms with Crippen molar-refractivity contribution in [2.75, 3.05) is 6.61 Å². The number of carbonyl (C=O) groups excluding carboxylic acids is 1. The van der Waals surface area contributed by atoms with Gasteiger partial charge in [0.05, 0.1) is 11.8 Å². The van der Waals surface area contributed by atoms with E-state index in [0.29, 0.717) is 0 Å². The molecule has 1 N–H and O–H groups in total. The summed E-state index contributed by atoms with van der Waals surface area (Å²) < 4.78 is 160. The van der Waals surface area contributed by atoms with E-state index in [1.54, 1.807) is 0 Å². The van der Waals surface area contributed by atoms with Gasteiger partial charge in [0.25, 0.3) is 0 Å². The summed E-state index contributed by atoms with van der Waals surface area (Å²) in [6.07, 6.45) is -6.25. The number of halogens is 12. The lowest BCUT2D eigenvalue weighted by atomic mass is 9.93.